The van der Waals surface area contributed by atoms with Crippen molar-refractivity contribution in [2.45, 2.75) is 37.9 Å². The maximum Gasteiger partial charge on any atom is 0.317 e. The maximum atomic E-state index is 12.7. The highest BCUT2D eigenvalue weighted by molar-refractivity contribution is 5.80. The summed E-state index contributed by atoms with van der Waals surface area (Å²) >= 11 is 0. The zero-order valence-corrected chi connectivity index (χ0v) is 15.1. The molecule has 3 aliphatic rings. The molecule has 0 spiro atoms. The fourth-order valence-electron chi connectivity index (χ4n) is 4.33. The minimum Gasteiger partial charge on any atom is -0.370 e. The zero-order valence-electron chi connectivity index (χ0n) is 15.1. The van der Waals surface area contributed by atoms with Gasteiger partial charge in [-0.25, -0.2) is 4.79 Å². The SMILES string of the molecule is O=C(NCCc1ccccc1)N1C[C@H]2C[C@H](C(=O)N3CCCC3)[C@@H](C1)O2. The quantitative estimate of drug-likeness (QED) is 0.891. The molecule has 3 fully saturated rings. The number of fused-ring (bicyclic) bond motifs is 2. The molecule has 1 aromatic carbocycles. The van der Waals surface area contributed by atoms with Gasteiger partial charge in [0.15, 0.2) is 0 Å². The smallest absolute Gasteiger partial charge is 0.317 e. The Kier molecular flexibility index (Phi) is 5.11. The first kappa shape index (κ1) is 17.3. The molecule has 4 rings (SSSR count). The monoisotopic (exact) mass is 357 g/mol. The number of rotatable bonds is 4. The number of likely N-dealkylation sites (tertiary alicyclic amines) is 2. The summed E-state index contributed by atoms with van der Waals surface area (Å²) < 4.78 is 5.98. The Balaban J connectivity index is 1.28. The van der Waals surface area contributed by atoms with Gasteiger partial charge in [0.05, 0.1) is 18.1 Å². The Morgan fingerprint density at radius 3 is 2.62 bits per heavy atom. The molecule has 0 aromatic heterocycles. The van der Waals surface area contributed by atoms with E-state index in [1.165, 1.54) is 5.56 Å². The van der Waals surface area contributed by atoms with E-state index >= 15 is 0 Å². The third-order valence-electron chi connectivity index (χ3n) is 5.71. The summed E-state index contributed by atoms with van der Waals surface area (Å²) in [5, 5.41) is 3.01. The van der Waals surface area contributed by atoms with Crippen LogP contribution in [0, 0.1) is 5.92 Å². The summed E-state index contributed by atoms with van der Waals surface area (Å²) in [6.07, 6.45) is 3.60. The van der Waals surface area contributed by atoms with E-state index in [0.29, 0.717) is 19.6 Å². The third kappa shape index (κ3) is 3.70. The second-order valence-corrected chi connectivity index (χ2v) is 7.54. The first-order valence-corrected chi connectivity index (χ1v) is 9.71. The van der Waals surface area contributed by atoms with Gasteiger partial charge in [-0.05, 0) is 31.2 Å². The topological polar surface area (TPSA) is 61.9 Å². The van der Waals surface area contributed by atoms with Crippen LogP contribution in [-0.2, 0) is 16.0 Å². The number of nitrogens with zero attached hydrogens (tertiary/aromatic N) is 2. The number of benzene rings is 1. The standard InChI is InChI=1S/C20H27N3O3/c24-19(22-10-4-5-11-22)17-12-16-13-23(14-18(17)26-16)20(25)21-9-8-15-6-2-1-3-7-15/h1-3,6-7,16-18H,4-5,8-14H2,(H,21,25)/t16-,17+,18-/m1/s1. The lowest BCUT2D eigenvalue weighted by molar-refractivity contribution is -0.137. The van der Waals surface area contributed by atoms with Crippen molar-refractivity contribution in [1.82, 2.24) is 15.1 Å². The average molecular weight is 357 g/mol. The van der Waals surface area contributed by atoms with Crippen LogP contribution in [0.1, 0.15) is 24.8 Å². The molecule has 6 heteroatoms. The molecule has 0 aliphatic carbocycles. The molecular formula is C20H27N3O3. The van der Waals surface area contributed by atoms with Crippen molar-refractivity contribution in [2.75, 3.05) is 32.7 Å². The van der Waals surface area contributed by atoms with Crippen LogP contribution >= 0.6 is 0 Å². The molecule has 0 saturated carbocycles. The van der Waals surface area contributed by atoms with Gasteiger partial charge in [0.1, 0.15) is 0 Å². The molecule has 26 heavy (non-hydrogen) atoms. The Bertz CT molecular complexity index is 645. The Morgan fingerprint density at radius 1 is 1.08 bits per heavy atom. The zero-order chi connectivity index (χ0) is 17.9. The van der Waals surface area contributed by atoms with Crippen LogP contribution in [0.25, 0.3) is 0 Å². The number of morpholine rings is 1. The van der Waals surface area contributed by atoms with Crippen molar-refractivity contribution in [3.8, 4) is 0 Å². The lowest BCUT2D eigenvalue weighted by Gasteiger charge is -2.33. The maximum absolute atomic E-state index is 12.7. The van der Waals surface area contributed by atoms with Gasteiger partial charge in [-0.1, -0.05) is 30.3 Å². The fourth-order valence-corrected chi connectivity index (χ4v) is 4.33. The van der Waals surface area contributed by atoms with Crippen LogP contribution in [0.2, 0.25) is 0 Å². The molecule has 6 nitrogen and oxygen atoms in total. The van der Waals surface area contributed by atoms with Gasteiger partial charge in [-0.3, -0.25) is 4.79 Å². The molecule has 3 saturated heterocycles. The number of hydrogen-bond acceptors (Lipinski definition) is 3. The first-order valence-electron chi connectivity index (χ1n) is 9.71. The summed E-state index contributed by atoms with van der Waals surface area (Å²) in [4.78, 5) is 29.0. The van der Waals surface area contributed by atoms with Crippen molar-refractivity contribution >= 4 is 11.9 Å². The molecule has 0 unspecified atom stereocenters. The van der Waals surface area contributed by atoms with Crippen LogP contribution in [0.3, 0.4) is 0 Å². The van der Waals surface area contributed by atoms with Gasteiger partial charge >= 0.3 is 6.03 Å². The van der Waals surface area contributed by atoms with E-state index in [9.17, 15) is 9.59 Å². The summed E-state index contributed by atoms with van der Waals surface area (Å²) in [6.45, 7) is 3.45. The minimum atomic E-state index is -0.151. The van der Waals surface area contributed by atoms with Crippen molar-refractivity contribution in [3.63, 3.8) is 0 Å². The van der Waals surface area contributed by atoms with Gasteiger partial charge in [0.25, 0.3) is 0 Å². The third-order valence-corrected chi connectivity index (χ3v) is 5.71. The number of amides is 3. The van der Waals surface area contributed by atoms with E-state index in [1.54, 1.807) is 0 Å². The summed E-state index contributed by atoms with van der Waals surface area (Å²) in [5.41, 5.74) is 1.21. The largest absolute Gasteiger partial charge is 0.370 e. The van der Waals surface area contributed by atoms with E-state index in [-0.39, 0.29) is 30.1 Å². The van der Waals surface area contributed by atoms with Crippen LogP contribution < -0.4 is 5.32 Å². The molecule has 1 N–H and O–H groups in total. The molecule has 2 bridgehead atoms. The molecule has 3 aliphatic heterocycles. The summed E-state index contributed by atoms with van der Waals surface area (Å²) in [5.74, 6) is 0.140. The molecule has 0 radical (unpaired) electrons. The second kappa shape index (κ2) is 7.66. The van der Waals surface area contributed by atoms with Gasteiger partial charge in [-0.15, -0.1) is 0 Å². The van der Waals surface area contributed by atoms with Gasteiger partial charge < -0.3 is 19.9 Å². The number of urea groups is 1. The normalized spacial score (nSPS) is 27.6. The number of ether oxygens (including phenoxy) is 1. The van der Waals surface area contributed by atoms with Crippen molar-refractivity contribution in [1.29, 1.82) is 0 Å². The predicted octanol–water partition coefficient (Wildman–Crippen LogP) is 1.65. The molecule has 3 atom stereocenters. The highest BCUT2D eigenvalue weighted by atomic mass is 16.5. The van der Waals surface area contributed by atoms with Crippen molar-refractivity contribution < 1.29 is 14.3 Å². The lowest BCUT2D eigenvalue weighted by atomic mass is 9.99. The highest BCUT2D eigenvalue weighted by Crippen LogP contribution is 2.33. The Hall–Kier alpha value is -2.08. The Morgan fingerprint density at radius 2 is 1.85 bits per heavy atom. The van der Waals surface area contributed by atoms with E-state index < -0.39 is 0 Å². The van der Waals surface area contributed by atoms with Crippen LogP contribution in [-0.4, -0.2) is 66.7 Å². The van der Waals surface area contributed by atoms with Gasteiger partial charge in [-0.2, -0.15) is 0 Å². The minimum absolute atomic E-state index is 0.00910. The van der Waals surface area contributed by atoms with E-state index in [0.717, 1.165) is 38.8 Å². The summed E-state index contributed by atoms with van der Waals surface area (Å²) in [7, 11) is 0. The number of carbonyl (C=O) groups is 2. The van der Waals surface area contributed by atoms with Crippen LogP contribution in [0.4, 0.5) is 4.79 Å². The van der Waals surface area contributed by atoms with Crippen LogP contribution in [0.15, 0.2) is 30.3 Å². The van der Waals surface area contributed by atoms with Gasteiger partial charge in [0, 0.05) is 32.7 Å². The predicted molar refractivity (Wildman–Crippen MR) is 97.7 cm³/mol. The molecule has 3 amide bonds. The number of hydrogen-bond donors (Lipinski definition) is 1. The van der Waals surface area contributed by atoms with Crippen LogP contribution in [0.5, 0.6) is 0 Å². The van der Waals surface area contributed by atoms with E-state index in [1.807, 2.05) is 28.0 Å². The fraction of sp³-hybridized carbons (Fsp3) is 0.600. The molecule has 3 heterocycles. The highest BCUT2D eigenvalue weighted by Gasteiger charge is 2.47. The lowest BCUT2D eigenvalue weighted by Crippen LogP contribution is -2.51. The number of carbonyl (C=O) groups excluding carboxylic acids is 2. The van der Waals surface area contributed by atoms with Gasteiger partial charge in [0.2, 0.25) is 5.91 Å². The molecule has 140 valence electrons. The Labute approximate surface area is 154 Å². The molecule has 1 aromatic rings. The average Bonchev–Trinajstić information content (AvgIpc) is 3.30. The van der Waals surface area contributed by atoms with Crippen molar-refractivity contribution in [3.05, 3.63) is 35.9 Å². The first-order chi connectivity index (χ1) is 12.7. The van der Waals surface area contributed by atoms with E-state index in [2.05, 4.69) is 17.4 Å². The number of nitrogens with one attached hydrogen (secondary N) is 1. The summed E-state index contributed by atoms with van der Waals surface area (Å²) in [6, 6.07) is 10.1. The molecular weight excluding hydrogens is 330 g/mol. The second-order valence-electron chi connectivity index (χ2n) is 7.54. The van der Waals surface area contributed by atoms with Crippen molar-refractivity contribution in [2.24, 2.45) is 5.92 Å². The van der Waals surface area contributed by atoms with E-state index in [4.69, 9.17) is 4.74 Å².